The molecule has 2 aromatic carbocycles. The molecule has 192 valence electrons. The van der Waals surface area contributed by atoms with E-state index >= 15 is 0 Å². The van der Waals surface area contributed by atoms with E-state index in [9.17, 15) is 9.59 Å². The summed E-state index contributed by atoms with van der Waals surface area (Å²) in [6.07, 6.45) is 2.91. The van der Waals surface area contributed by atoms with Gasteiger partial charge in [0.15, 0.2) is 5.78 Å². The second kappa shape index (κ2) is 12.0. The fourth-order valence-electron chi connectivity index (χ4n) is 3.94. The number of hydrogen-bond donors (Lipinski definition) is 3. The zero-order chi connectivity index (χ0) is 26.2. The van der Waals surface area contributed by atoms with Crippen LogP contribution in [-0.4, -0.2) is 62.1 Å². The zero-order valence-electron chi connectivity index (χ0n) is 20.9. The summed E-state index contributed by atoms with van der Waals surface area (Å²) in [5, 5.41) is 9.00. The Bertz CT molecular complexity index is 1290. The third-order valence-corrected chi connectivity index (χ3v) is 5.93. The summed E-state index contributed by atoms with van der Waals surface area (Å²) in [6, 6.07) is 13.2. The quantitative estimate of drug-likeness (QED) is 0.358. The predicted molar refractivity (Wildman–Crippen MR) is 143 cm³/mol. The van der Waals surface area contributed by atoms with Crippen LogP contribution in [0.25, 0.3) is 0 Å². The molecule has 0 atom stereocenters. The molecule has 0 unspecified atom stereocenters. The predicted octanol–water partition coefficient (Wildman–Crippen LogP) is 3.47. The van der Waals surface area contributed by atoms with E-state index < -0.39 is 0 Å². The molecule has 0 radical (unpaired) electrons. The number of ether oxygens (including phenoxy) is 2. The average Bonchev–Trinajstić information content (AvgIpc) is 2.94. The number of carbonyl (C=O) groups is 2. The van der Waals surface area contributed by atoms with Crippen molar-refractivity contribution in [3.05, 3.63) is 72.4 Å². The van der Waals surface area contributed by atoms with Crippen LogP contribution in [0.4, 0.5) is 28.8 Å². The van der Waals surface area contributed by atoms with Crippen molar-refractivity contribution in [2.24, 2.45) is 0 Å². The van der Waals surface area contributed by atoms with Crippen molar-refractivity contribution >= 4 is 40.5 Å². The summed E-state index contributed by atoms with van der Waals surface area (Å²) < 4.78 is 11.1. The zero-order valence-corrected chi connectivity index (χ0v) is 20.9. The average molecular weight is 503 g/mol. The highest BCUT2D eigenvalue weighted by molar-refractivity contribution is 5.99. The van der Waals surface area contributed by atoms with Gasteiger partial charge < -0.3 is 30.3 Å². The van der Waals surface area contributed by atoms with Crippen LogP contribution < -0.4 is 25.6 Å². The number of carbonyl (C=O) groups excluding carboxylic acids is 2. The number of ketones is 1. The van der Waals surface area contributed by atoms with Crippen molar-refractivity contribution in [1.29, 1.82) is 0 Å². The van der Waals surface area contributed by atoms with Crippen LogP contribution in [0.15, 0.2) is 61.3 Å². The number of nitrogens with zero attached hydrogens (tertiary/aromatic N) is 3. The van der Waals surface area contributed by atoms with Gasteiger partial charge in [0.1, 0.15) is 17.1 Å². The molecule has 37 heavy (non-hydrogen) atoms. The van der Waals surface area contributed by atoms with Gasteiger partial charge in [0, 0.05) is 50.2 Å². The van der Waals surface area contributed by atoms with Gasteiger partial charge in [-0.05, 0) is 29.8 Å². The van der Waals surface area contributed by atoms with Gasteiger partial charge in [0.05, 0.1) is 26.0 Å². The molecule has 2 heterocycles. The van der Waals surface area contributed by atoms with Crippen LogP contribution in [-0.2, 0) is 16.0 Å². The molecule has 1 aliphatic rings. The minimum absolute atomic E-state index is 0.113. The summed E-state index contributed by atoms with van der Waals surface area (Å²) in [5.41, 5.74) is 3.38. The Kier molecular flexibility index (Phi) is 8.32. The smallest absolute Gasteiger partial charge is 0.256 e. The first kappa shape index (κ1) is 25.6. The van der Waals surface area contributed by atoms with Crippen LogP contribution in [0.1, 0.15) is 15.9 Å². The first-order chi connectivity index (χ1) is 18.0. The number of hydrogen-bond acceptors (Lipinski definition) is 9. The van der Waals surface area contributed by atoms with E-state index in [1.807, 2.05) is 42.5 Å². The van der Waals surface area contributed by atoms with Gasteiger partial charge in [-0.1, -0.05) is 24.8 Å². The number of benzene rings is 2. The van der Waals surface area contributed by atoms with E-state index in [1.54, 1.807) is 7.11 Å². The monoisotopic (exact) mass is 502 g/mol. The molecule has 0 bridgehead atoms. The van der Waals surface area contributed by atoms with Crippen molar-refractivity contribution in [3.8, 4) is 5.75 Å². The van der Waals surface area contributed by atoms with E-state index in [1.165, 1.54) is 19.3 Å². The van der Waals surface area contributed by atoms with Crippen LogP contribution in [0, 0.1) is 0 Å². The van der Waals surface area contributed by atoms with Crippen molar-refractivity contribution in [3.63, 3.8) is 0 Å². The fraction of sp³-hybridized carbons (Fsp3) is 0.259. The lowest BCUT2D eigenvalue weighted by Gasteiger charge is -2.29. The van der Waals surface area contributed by atoms with E-state index in [0.29, 0.717) is 36.2 Å². The van der Waals surface area contributed by atoms with Crippen LogP contribution in [0.5, 0.6) is 5.75 Å². The van der Waals surface area contributed by atoms with Gasteiger partial charge in [0.2, 0.25) is 5.95 Å². The number of allylic oxidation sites excluding steroid dienone is 1. The van der Waals surface area contributed by atoms with E-state index in [-0.39, 0.29) is 29.6 Å². The maximum Gasteiger partial charge on any atom is 0.256 e. The lowest BCUT2D eigenvalue weighted by Crippen LogP contribution is -2.36. The third-order valence-electron chi connectivity index (χ3n) is 5.93. The molecule has 1 aliphatic heterocycles. The second-order valence-electron chi connectivity index (χ2n) is 8.27. The van der Waals surface area contributed by atoms with E-state index in [2.05, 4.69) is 37.4 Å². The Morgan fingerprint density at radius 2 is 1.92 bits per heavy atom. The Labute approximate surface area is 215 Å². The lowest BCUT2D eigenvalue weighted by molar-refractivity contribution is -0.114. The Balaban J connectivity index is 1.63. The molecule has 1 saturated heterocycles. The van der Waals surface area contributed by atoms with Gasteiger partial charge >= 0.3 is 0 Å². The summed E-state index contributed by atoms with van der Waals surface area (Å²) in [7, 11) is 3.14. The summed E-state index contributed by atoms with van der Waals surface area (Å²) >= 11 is 0. The molecule has 3 aromatic rings. The number of methoxy groups -OCH3 is 1. The summed E-state index contributed by atoms with van der Waals surface area (Å²) in [4.78, 5) is 35.7. The first-order valence-corrected chi connectivity index (χ1v) is 11.9. The lowest BCUT2D eigenvalue weighted by atomic mass is 10.1. The van der Waals surface area contributed by atoms with Crippen LogP contribution >= 0.6 is 0 Å². The molecule has 3 N–H and O–H groups in total. The standard InChI is InChI=1S/C27H30N6O4/c1-4-20(34)15-18-7-5-6-8-22(18)30-25-21(26(35)28-2)17-29-27(32-25)31-23-10-9-19(16-24(23)36-3)33-11-13-37-14-12-33/h4-10,16-17H,1,11-15H2,2-3H3,(H,28,35)(H2,29,30,31,32). The minimum Gasteiger partial charge on any atom is -0.494 e. The van der Waals surface area contributed by atoms with E-state index in [4.69, 9.17) is 9.47 Å². The second-order valence-corrected chi connectivity index (χ2v) is 8.27. The molecule has 1 aromatic heterocycles. The molecule has 0 aliphatic carbocycles. The van der Waals surface area contributed by atoms with Crippen molar-refractivity contribution < 1.29 is 19.1 Å². The molecule has 10 nitrogen and oxygen atoms in total. The highest BCUT2D eigenvalue weighted by Gasteiger charge is 2.18. The topological polar surface area (TPSA) is 118 Å². The summed E-state index contributed by atoms with van der Waals surface area (Å²) in [6.45, 7) is 6.55. The minimum atomic E-state index is -0.346. The highest BCUT2D eigenvalue weighted by atomic mass is 16.5. The Morgan fingerprint density at radius 1 is 1.14 bits per heavy atom. The third kappa shape index (κ3) is 6.22. The normalized spacial score (nSPS) is 13.0. The van der Waals surface area contributed by atoms with Crippen molar-refractivity contribution in [2.45, 2.75) is 6.42 Å². The Morgan fingerprint density at radius 3 is 2.65 bits per heavy atom. The number of nitrogens with one attached hydrogen (secondary N) is 3. The largest absolute Gasteiger partial charge is 0.494 e. The maximum absolute atomic E-state index is 12.5. The molecular weight excluding hydrogens is 472 g/mol. The molecule has 10 heteroatoms. The number of aromatic nitrogens is 2. The molecule has 0 spiro atoms. The number of rotatable bonds is 10. The van der Waals surface area contributed by atoms with Crippen molar-refractivity contribution in [2.75, 3.05) is 56.0 Å². The van der Waals surface area contributed by atoms with Crippen LogP contribution in [0.2, 0.25) is 0 Å². The molecule has 0 saturated carbocycles. The van der Waals surface area contributed by atoms with Gasteiger partial charge in [-0.2, -0.15) is 4.98 Å². The van der Waals surface area contributed by atoms with Gasteiger partial charge in [-0.3, -0.25) is 9.59 Å². The molecule has 4 rings (SSSR count). The highest BCUT2D eigenvalue weighted by Crippen LogP contribution is 2.32. The number of anilines is 5. The molecule has 1 amide bonds. The first-order valence-electron chi connectivity index (χ1n) is 11.9. The van der Waals surface area contributed by atoms with Gasteiger partial charge in [-0.15, -0.1) is 0 Å². The Hall–Kier alpha value is -4.44. The van der Waals surface area contributed by atoms with E-state index in [0.717, 1.165) is 24.3 Å². The summed E-state index contributed by atoms with van der Waals surface area (Å²) in [5.74, 6) is 0.733. The molecule has 1 fully saturated rings. The fourth-order valence-corrected chi connectivity index (χ4v) is 3.94. The number of para-hydroxylation sites is 1. The number of amides is 1. The van der Waals surface area contributed by atoms with Crippen LogP contribution in [0.3, 0.4) is 0 Å². The van der Waals surface area contributed by atoms with Gasteiger partial charge in [0.25, 0.3) is 5.91 Å². The maximum atomic E-state index is 12.5. The number of morpholine rings is 1. The molecular formula is C27H30N6O4. The van der Waals surface area contributed by atoms with Gasteiger partial charge in [-0.25, -0.2) is 4.98 Å². The van der Waals surface area contributed by atoms with Crippen molar-refractivity contribution in [1.82, 2.24) is 15.3 Å². The SMILES string of the molecule is C=CC(=O)Cc1ccccc1Nc1nc(Nc2ccc(N3CCOCC3)cc2OC)ncc1C(=O)NC.